The Morgan fingerprint density at radius 1 is 1.05 bits per heavy atom. The Balaban J connectivity index is 1.69. The van der Waals surface area contributed by atoms with Crippen LogP contribution in [0.25, 0.3) is 0 Å². The second-order valence-corrected chi connectivity index (χ2v) is 11.1. The molecule has 8 heteroatoms. The molecule has 0 aromatic carbocycles. The smallest absolute Gasteiger partial charge is 0.330 e. The molecule has 3 aliphatic rings. The Bertz CT molecular complexity index is 769. The molecule has 2 aliphatic heterocycles. The van der Waals surface area contributed by atoms with Crippen molar-refractivity contribution < 1.29 is 38.4 Å². The summed E-state index contributed by atoms with van der Waals surface area (Å²) in [6, 6.07) is 0. The monoisotopic (exact) mass is 550 g/mol. The SMILES string of the molecule is CCCCC[C@@H](/C=C/[C@@H]1[C@@H](CC(=O)CC/C=C/C(=O)OC)[C@@H](O)C[C@H]1OC1CCCCO1)OC1CCCCO1. The second-order valence-electron chi connectivity index (χ2n) is 11.1. The number of rotatable bonds is 16. The molecule has 2 saturated heterocycles. The van der Waals surface area contributed by atoms with Crippen molar-refractivity contribution in [2.24, 2.45) is 11.8 Å². The number of ketones is 1. The highest BCUT2D eigenvalue weighted by Crippen LogP contribution is 2.40. The van der Waals surface area contributed by atoms with E-state index < -0.39 is 12.1 Å². The highest BCUT2D eigenvalue weighted by Gasteiger charge is 2.43. The number of esters is 1. The highest BCUT2D eigenvalue weighted by atomic mass is 16.7. The molecule has 1 saturated carbocycles. The third kappa shape index (κ3) is 11.4. The van der Waals surface area contributed by atoms with Gasteiger partial charge in [-0.2, -0.15) is 0 Å². The second kappa shape index (κ2) is 18.0. The number of ether oxygens (including phenoxy) is 5. The number of hydrogen-bond acceptors (Lipinski definition) is 8. The minimum atomic E-state index is -0.635. The quantitative estimate of drug-likeness (QED) is 0.118. The third-order valence-electron chi connectivity index (χ3n) is 7.97. The van der Waals surface area contributed by atoms with E-state index in [-0.39, 0.29) is 48.8 Å². The molecule has 1 N–H and O–H groups in total. The first kappa shape index (κ1) is 31.9. The predicted molar refractivity (Wildman–Crippen MR) is 148 cm³/mol. The minimum Gasteiger partial charge on any atom is -0.466 e. The molecule has 2 heterocycles. The summed E-state index contributed by atoms with van der Waals surface area (Å²) >= 11 is 0. The Morgan fingerprint density at radius 3 is 2.46 bits per heavy atom. The van der Waals surface area contributed by atoms with E-state index in [0.717, 1.165) is 70.8 Å². The molecular formula is C31H50O8. The lowest BCUT2D eigenvalue weighted by atomic mass is 9.87. The number of methoxy groups -OCH3 is 1. The minimum absolute atomic E-state index is 0.0629. The summed E-state index contributed by atoms with van der Waals surface area (Å²) in [5.41, 5.74) is 0. The third-order valence-corrected chi connectivity index (χ3v) is 7.97. The number of aliphatic hydroxyl groups excluding tert-OH is 1. The Hall–Kier alpha value is -1.58. The van der Waals surface area contributed by atoms with Crippen LogP contribution in [-0.4, -0.2) is 68.1 Å². The van der Waals surface area contributed by atoms with Crippen LogP contribution in [0.2, 0.25) is 0 Å². The molecule has 2 unspecified atom stereocenters. The van der Waals surface area contributed by atoms with Crippen LogP contribution in [-0.2, 0) is 33.3 Å². The van der Waals surface area contributed by atoms with Crippen LogP contribution in [0.5, 0.6) is 0 Å². The predicted octanol–water partition coefficient (Wildman–Crippen LogP) is 5.41. The molecule has 39 heavy (non-hydrogen) atoms. The molecule has 3 fully saturated rings. The maximum absolute atomic E-state index is 12.9. The summed E-state index contributed by atoms with van der Waals surface area (Å²) < 4.78 is 29.1. The van der Waals surface area contributed by atoms with Gasteiger partial charge in [-0.15, -0.1) is 0 Å². The van der Waals surface area contributed by atoms with Gasteiger partial charge in [-0.05, 0) is 51.4 Å². The van der Waals surface area contributed by atoms with Gasteiger partial charge in [-0.1, -0.05) is 44.4 Å². The van der Waals surface area contributed by atoms with Crippen molar-refractivity contribution in [2.75, 3.05) is 20.3 Å². The zero-order chi connectivity index (χ0) is 27.9. The van der Waals surface area contributed by atoms with Crippen molar-refractivity contribution in [1.29, 1.82) is 0 Å². The van der Waals surface area contributed by atoms with Crippen LogP contribution in [0.1, 0.15) is 96.8 Å². The van der Waals surface area contributed by atoms with Crippen molar-refractivity contribution in [3.05, 3.63) is 24.3 Å². The zero-order valence-electron chi connectivity index (χ0n) is 24.0. The molecule has 8 nitrogen and oxygen atoms in total. The molecular weight excluding hydrogens is 500 g/mol. The van der Waals surface area contributed by atoms with E-state index in [1.807, 2.05) is 0 Å². The lowest BCUT2D eigenvalue weighted by Crippen LogP contribution is -2.31. The molecule has 0 aromatic heterocycles. The number of Topliss-reactive ketones (excluding diaryl/α,β-unsaturated/α-hetero) is 1. The van der Waals surface area contributed by atoms with Gasteiger partial charge in [-0.25, -0.2) is 4.79 Å². The molecule has 0 bridgehead atoms. The van der Waals surface area contributed by atoms with Gasteiger partial charge in [0.1, 0.15) is 5.78 Å². The van der Waals surface area contributed by atoms with E-state index in [9.17, 15) is 14.7 Å². The van der Waals surface area contributed by atoms with Crippen LogP contribution in [0.3, 0.4) is 0 Å². The van der Waals surface area contributed by atoms with E-state index in [1.54, 1.807) is 6.08 Å². The summed E-state index contributed by atoms with van der Waals surface area (Å²) in [7, 11) is 1.32. The van der Waals surface area contributed by atoms with E-state index in [1.165, 1.54) is 13.2 Å². The highest BCUT2D eigenvalue weighted by molar-refractivity contribution is 5.82. The summed E-state index contributed by atoms with van der Waals surface area (Å²) in [6.07, 6.45) is 17.7. The van der Waals surface area contributed by atoms with Crippen molar-refractivity contribution in [2.45, 2.75) is 128 Å². The van der Waals surface area contributed by atoms with E-state index >= 15 is 0 Å². The normalized spacial score (nSPS) is 30.6. The first-order chi connectivity index (χ1) is 19.0. The zero-order valence-corrected chi connectivity index (χ0v) is 24.0. The van der Waals surface area contributed by atoms with Crippen LogP contribution >= 0.6 is 0 Å². The van der Waals surface area contributed by atoms with Gasteiger partial charge in [-0.3, -0.25) is 4.79 Å². The Kier molecular flexibility index (Phi) is 14.7. The van der Waals surface area contributed by atoms with Crippen molar-refractivity contribution >= 4 is 11.8 Å². The van der Waals surface area contributed by atoms with Gasteiger partial charge in [0.05, 0.1) is 25.4 Å². The summed E-state index contributed by atoms with van der Waals surface area (Å²) in [4.78, 5) is 24.2. The molecule has 3 rings (SSSR count). The van der Waals surface area contributed by atoms with Gasteiger partial charge >= 0.3 is 5.97 Å². The average Bonchev–Trinajstić information content (AvgIpc) is 3.23. The summed E-state index contributed by atoms with van der Waals surface area (Å²) in [5.74, 6) is -0.732. The van der Waals surface area contributed by atoms with Gasteiger partial charge in [0.25, 0.3) is 0 Å². The van der Waals surface area contributed by atoms with Crippen LogP contribution in [0.4, 0.5) is 0 Å². The Morgan fingerprint density at radius 2 is 1.79 bits per heavy atom. The molecule has 222 valence electrons. The van der Waals surface area contributed by atoms with Gasteiger partial charge in [0.15, 0.2) is 12.6 Å². The standard InChI is InChI=1S/C31H50O8/c1-3-4-5-13-24(38-30-15-8-10-19-36-30)17-18-25-26(21-23(32)12-6-7-14-29(34)35-2)27(33)22-28(25)39-31-16-9-11-20-37-31/h7,14,17-18,24-28,30-31,33H,3-6,8-13,15-16,19-22H2,1-2H3/b14-7+,18-17+/t24-,25+,26+,27-,28+,30?,31?/m0/s1. The van der Waals surface area contributed by atoms with Crippen LogP contribution in [0.15, 0.2) is 24.3 Å². The van der Waals surface area contributed by atoms with Crippen LogP contribution < -0.4 is 0 Å². The van der Waals surface area contributed by atoms with E-state index in [0.29, 0.717) is 25.9 Å². The molecule has 0 amide bonds. The van der Waals surface area contributed by atoms with Gasteiger partial charge in [0.2, 0.25) is 0 Å². The topological polar surface area (TPSA) is 101 Å². The lowest BCUT2D eigenvalue weighted by molar-refractivity contribution is -0.193. The summed E-state index contributed by atoms with van der Waals surface area (Å²) in [6.45, 7) is 3.62. The Labute approximate surface area is 234 Å². The van der Waals surface area contributed by atoms with Crippen LogP contribution in [0, 0.1) is 11.8 Å². The van der Waals surface area contributed by atoms with Crippen molar-refractivity contribution in [3.63, 3.8) is 0 Å². The maximum atomic E-state index is 12.9. The average molecular weight is 551 g/mol. The fourth-order valence-corrected chi connectivity index (χ4v) is 5.73. The van der Waals surface area contributed by atoms with E-state index in [2.05, 4.69) is 23.8 Å². The maximum Gasteiger partial charge on any atom is 0.330 e. The first-order valence-corrected chi connectivity index (χ1v) is 15.2. The lowest BCUT2D eigenvalue weighted by Gasteiger charge is -2.30. The van der Waals surface area contributed by atoms with Gasteiger partial charge < -0.3 is 28.8 Å². The molecule has 0 radical (unpaired) electrons. The number of allylic oxidation sites excluding steroid dienone is 1. The number of aliphatic hydroxyl groups is 1. The number of hydrogen-bond donors (Lipinski definition) is 1. The molecule has 7 atom stereocenters. The van der Waals surface area contributed by atoms with Crippen molar-refractivity contribution in [1.82, 2.24) is 0 Å². The first-order valence-electron chi connectivity index (χ1n) is 15.2. The van der Waals surface area contributed by atoms with E-state index in [4.69, 9.17) is 18.9 Å². The van der Waals surface area contributed by atoms with Gasteiger partial charge in [0, 0.05) is 50.4 Å². The molecule has 0 aromatic rings. The fraction of sp³-hybridized carbons (Fsp3) is 0.806. The number of carbonyl (C=O) groups excluding carboxylic acids is 2. The fourth-order valence-electron chi connectivity index (χ4n) is 5.73. The number of unbranched alkanes of at least 4 members (excludes halogenated alkanes) is 2. The molecule has 0 spiro atoms. The number of carbonyl (C=O) groups is 2. The summed E-state index contributed by atoms with van der Waals surface area (Å²) in [5, 5.41) is 11.1. The van der Waals surface area contributed by atoms with Crippen molar-refractivity contribution in [3.8, 4) is 0 Å². The molecule has 1 aliphatic carbocycles. The largest absolute Gasteiger partial charge is 0.466 e.